The topological polar surface area (TPSA) is 92.6 Å². The summed E-state index contributed by atoms with van der Waals surface area (Å²) >= 11 is 9.05. The van der Waals surface area contributed by atoms with Crippen molar-refractivity contribution in [3.05, 3.63) is 105 Å². The minimum absolute atomic E-state index is 0.0248. The fourth-order valence-corrected chi connectivity index (χ4v) is 6.96. The normalized spacial score (nSPS) is 19.6. The SMILES string of the molecule is Cc1ccc(CSc2nnc(N3C(=O)C(=O)/C(=C(/O)c4ccc5c(c4)C[C@@H](C)O5)[C@H]3c3cccc(Cl)c3)s2)cc1. The summed E-state index contributed by atoms with van der Waals surface area (Å²) in [7, 11) is 0. The summed E-state index contributed by atoms with van der Waals surface area (Å²) in [6.45, 7) is 4.01. The van der Waals surface area contributed by atoms with Crippen molar-refractivity contribution in [2.45, 2.75) is 42.5 Å². The first-order valence-corrected chi connectivity index (χ1v) is 14.8. The van der Waals surface area contributed by atoms with Crippen LogP contribution in [0.25, 0.3) is 5.76 Å². The maximum absolute atomic E-state index is 13.5. The molecule has 10 heteroatoms. The van der Waals surface area contributed by atoms with Crippen molar-refractivity contribution in [2.75, 3.05) is 4.90 Å². The van der Waals surface area contributed by atoms with Crippen LogP contribution >= 0.6 is 34.7 Å². The van der Waals surface area contributed by atoms with Crippen molar-refractivity contribution >= 4 is 57.3 Å². The molecule has 0 aliphatic carbocycles. The van der Waals surface area contributed by atoms with Crippen LogP contribution < -0.4 is 9.64 Å². The Hall–Kier alpha value is -3.66. The van der Waals surface area contributed by atoms with Gasteiger partial charge < -0.3 is 9.84 Å². The molecule has 2 aliphatic heterocycles. The molecule has 1 aromatic heterocycles. The molecular formula is C30H24ClN3O4S2. The molecule has 1 N–H and O–H groups in total. The number of halogens is 1. The highest BCUT2D eigenvalue weighted by Crippen LogP contribution is 2.45. The van der Waals surface area contributed by atoms with E-state index in [1.165, 1.54) is 33.6 Å². The monoisotopic (exact) mass is 589 g/mol. The molecule has 2 atom stereocenters. The van der Waals surface area contributed by atoms with Crippen molar-refractivity contribution in [3.8, 4) is 5.75 Å². The van der Waals surface area contributed by atoms with Gasteiger partial charge in [-0.1, -0.05) is 76.7 Å². The predicted molar refractivity (Wildman–Crippen MR) is 157 cm³/mol. The minimum Gasteiger partial charge on any atom is -0.507 e. The van der Waals surface area contributed by atoms with Crippen LogP contribution in [0.5, 0.6) is 5.75 Å². The third-order valence-electron chi connectivity index (χ3n) is 6.86. The molecule has 4 aromatic rings. The van der Waals surface area contributed by atoms with E-state index in [1.807, 2.05) is 13.8 Å². The molecule has 2 aliphatic rings. The van der Waals surface area contributed by atoms with Gasteiger partial charge >= 0.3 is 5.91 Å². The Kier molecular flexibility index (Phi) is 7.12. The quantitative estimate of drug-likeness (QED) is 0.0875. The first-order chi connectivity index (χ1) is 19.3. The summed E-state index contributed by atoms with van der Waals surface area (Å²) in [5, 5.41) is 20.7. The van der Waals surface area contributed by atoms with Gasteiger partial charge in [0.2, 0.25) is 5.13 Å². The number of nitrogens with zero attached hydrogens (tertiary/aromatic N) is 3. The molecule has 3 aromatic carbocycles. The number of hydrogen-bond donors (Lipinski definition) is 1. The van der Waals surface area contributed by atoms with Crippen LogP contribution in [0.3, 0.4) is 0 Å². The molecule has 7 nitrogen and oxygen atoms in total. The van der Waals surface area contributed by atoms with Gasteiger partial charge in [0.05, 0.1) is 11.6 Å². The van der Waals surface area contributed by atoms with Crippen molar-refractivity contribution in [1.29, 1.82) is 0 Å². The molecule has 0 unspecified atom stereocenters. The van der Waals surface area contributed by atoms with Crippen LogP contribution in [0.4, 0.5) is 5.13 Å². The predicted octanol–water partition coefficient (Wildman–Crippen LogP) is 6.74. The van der Waals surface area contributed by atoms with Crippen LogP contribution in [0.15, 0.2) is 76.6 Å². The van der Waals surface area contributed by atoms with Gasteiger partial charge in [-0.15, -0.1) is 10.2 Å². The Morgan fingerprint density at radius 1 is 1.12 bits per heavy atom. The van der Waals surface area contributed by atoms with E-state index < -0.39 is 17.7 Å². The number of aromatic nitrogens is 2. The number of Topliss-reactive ketones (excluding diaryl/α,β-unsaturated/α-hetero) is 1. The zero-order chi connectivity index (χ0) is 28.0. The second-order valence-corrected chi connectivity index (χ2v) is 12.4. The number of benzene rings is 3. The lowest BCUT2D eigenvalue weighted by molar-refractivity contribution is -0.132. The van der Waals surface area contributed by atoms with Crippen LogP contribution in [-0.4, -0.2) is 33.1 Å². The molecule has 6 rings (SSSR count). The number of rotatable bonds is 6. The van der Waals surface area contributed by atoms with E-state index in [0.29, 0.717) is 32.7 Å². The van der Waals surface area contributed by atoms with E-state index in [0.717, 1.165) is 16.9 Å². The van der Waals surface area contributed by atoms with E-state index in [-0.39, 0.29) is 22.6 Å². The number of hydrogen-bond acceptors (Lipinski definition) is 8. The molecule has 40 heavy (non-hydrogen) atoms. The number of ether oxygens (including phenoxy) is 1. The van der Waals surface area contributed by atoms with E-state index in [2.05, 4.69) is 34.5 Å². The van der Waals surface area contributed by atoms with Crippen LogP contribution in [0.2, 0.25) is 5.02 Å². The smallest absolute Gasteiger partial charge is 0.301 e. The van der Waals surface area contributed by atoms with E-state index in [9.17, 15) is 14.7 Å². The number of aliphatic hydroxyl groups excluding tert-OH is 1. The Morgan fingerprint density at radius 2 is 1.93 bits per heavy atom. The van der Waals surface area contributed by atoms with E-state index >= 15 is 0 Å². The van der Waals surface area contributed by atoms with Gasteiger partial charge in [0, 0.05) is 22.8 Å². The lowest BCUT2D eigenvalue weighted by atomic mass is 9.94. The molecule has 0 radical (unpaired) electrons. The highest BCUT2D eigenvalue weighted by molar-refractivity contribution is 8.00. The average Bonchev–Trinajstić information content (AvgIpc) is 3.63. The van der Waals surface area contributed by atoms with Gasteiger partial charge in [-0.25, -0.2) is 0 Å². The molecule has 0 spiro atoms. The fraction of sp³-hybridized carbons (Fsp3) is 0.200. The number of fused-ring (bicyclic) bond motifs is 1. The molecule has 202 valence electrons. The molecule has 0 saturated carbocycles. The fourth-order valence-electron chi connectivity index (χ4n) is 4.93. The lowest BCUT2D eigenvalue weighted by Crippen LogP contribution is -2.29. The van der Waals surface area contributed by atoms with Gasteiger partial charge in [0.25, 0.3) is 5.78 Å². The zero-order valence-corrected chi connectivity index (χ0v) is 24.0. The summed E-state index contributed by atoms with van der Waals surface area (Å²) in [6, 6.07) is 19.5. The summed E-state index contributed by atoms with van der Waals surface area (Å²) in [5.41, 5.74) is 4.25. The highest BCUT2D eigenvalue weighted by atomic mass is 35.5. The molecule has 1 fully saturated rings. The summed E-state index contributed by atoms with van der Waals surface area (Å²) in [4.78, 5) is 28.3. The van der Waals surface area contributed by atoms with E-state index in [1.54, 1.807) is 42.5 Å². The number of carbonyl (C=O) groups excluding carboxylic acids is 2. The van der Waals surface area contributed by atoms with Crippen LogP contribution in [0.1, 0.15) is 40.8 Å². The third-order valence-corrected chi connectivity index (χ3v) is 9.23. The Labute approximate surface area is 244 Å². The zero-order valence-electron chi connectivity index (χ0n) is 21.6. The van der Waals surface area contributed by atoms with Gasteiger partial charge in [-0.2, -0.15) is 0 Å². The van der Waals surface area contributed by atoms with Crippen molar-refractivity contribution < 1.29 is 19.4 Å². The van der Waals surface area contributed by atoms with E-state index in [4.69, 9.17) is 16.3 Å². The highest BCUT2D eigenvalue weighted by Gasteiger charge is 2.48. The number of aryl methyl sites for hydroxylation is 1. The van der Waals surface area contributed by atoms with Crippen molar-refractivity contribution in [2.24, 2.45) is 0 Å². The Bertz CT molecular complexity index is 1670. The molecular weight excluding hydrogens is 566 g/mol. The molecule has 0 bridgehead atoms. The number of carbonyl (C=O) groups is 2. The maximum Gasteiger partial charge on any atom is 0.301 e. The number of amides is 1. The van der Waals surface area contributed by atoms with Crippen LogP contribution in [0, 0.1) is 6.92 Å². The number of anilines is 1. The number of thioether (sulfide) groups is 1. The van der Waals surface area contributed by atoms with Gasteiger partial charge in [-0.05, 0) is 60.9 Å². The molecule has 1 amide bonds. The van der Waals surface area contributed by atoms with Crippen LogP contribution in [-0.2, 0) is 21.8 Å². The van der Waals surface area contributed by atoms with Crippen molar-refractivity contribution in [3.63, 3.8) is 0 Å². The lowest BCUT2D eigenvalue weighted by Gasteiger charge is -2.22. The second kappa shape index (κ2) is 10.7. The molecule has 3 heterocycles. The average molecular weight is 590 g/mol. The maximum atomic E-state index is 13.5. The molecule has 1 saturated heterocycles. The number of aliphatic hydroxyl groups is 1. The second-order valence-electron chi connectivity index (χ2n) is 9.80. The third kappa shape index (κ3) is 5.00. The first-order valence-electron chi connectivity index (χ1n) is 12.7. The van der Waals surface area contributed by atoms with Gasteiger partial charge in [-0.3, -0.25) is 14.5 Å². The number of ketones is 1. The minimum atomic E-state index is -0.926. The largest absolute Gasteiger partial charge is 0.507 e. The summed E-state index contributed by atoms with van der Waals surface area (Å²) in [6.07, 6.45) is 0.718. The van der Waals surface area contributed by atoms with Gasteiger partial charge in [0.15, 0.2) is 4.34 Å². The Morgan fingerprint density at radius 3 is 2.70 bits per heavy atom. The Balaban J connectivity index is 1.38. The standard InChI is InChI=1S/C30H24ClN3O4S2/c1-16-6-8-18(9-7-16)15-39-30-33-32-29(40-30)34-25(19-4-3-5-22(31)14-19)24(27(36)28(34)37)26(35)20-10-11-23-21(13-20)12-17(2)38-23/h3-11,13-14,17,25,35H,12,15H2,1-2H3/b26-24+/t17-,25-/m1/s1. The summed E-state index contributed by atoms with van der Waals surface area (Å²) < 4.78 is 6.44. The van der Waals surface area contributed by atoms with Gasteiger partial charge in [0.1, 0.15) is 17.6 Å². The first kappa shape index (κ1) is 26.6. The summed E-state index contributed by atoms with van der Waals surface area (Å²) in [5.74, 6) is -0.397. The van der Waals surface area contributed by atoms with Crippen molar-refractivity contribution in [1.82, 2.24) is 10.2 Å².